The summed E-state index contributed by atoms with van der Waals surface area (Å²) in [5.74, 6) is -1.77. The molecule has 5 heteroatoms. The molecule has 0 fully saturated rings. The van der Waals surface area contributed by atoms with Gasteiger partial charge in [0.1, 0.15) is 6.04 Å². The van der Waals surface area contributed by atoms with Gasteiger partial charge in [0.05, 0.1) is 5.92 Å². The fraction of sp³-hybridized carbons (Fsp3) is 0.364. The van der Waals surface area contributed by atoms with E-state index < -0.39 is 17.9 Å². The number of rotatable bonds is 4. The second kappa shape index (κ2) is 5.25. The van der Waals surface area contributed by atoms with Gasteiger partial charge in [-0.3, -0.25) is 14.6 Å². The van der Waals surface area contributed by atoms with E-state index in [4.69, 9.17) is 5.11 Å². The fourth-order valence-electron chi connectivity index (χ4n) is 1.18. The van der Waals surface area contributed by atoms with E-state index in [2.05, 4.69) is 10.3 Å². The van der Waals surface area contributed by atoms with E-state index in [0.29, 0.717) is 0 Å². The number of aliphatic carboxylic acids is 1. The van der Waals surface area contributed by atoms with Crippen molar-refractivity contribution < 1.29 is 14.7 Å². The van der Waals surface area contributed by atoms with Crippen LogP contribution in [0.2, 0.25) is 0 Å². The highest BCUT2D eigenvalue weighted by Crippen LogP contribution is 2.13. The normalized spacial score (nSPS) is 13.9. The Hall–Kier alpha value is -1.91. The third-order valence-corrected chi connectivity index (χ3v) is 2.31. The van der Waals surface area contributed by atoms with Crippen LogP contribution in [-0.4, -0.2) is 28.0 Å². The van der Waals surface area contributed by atoms with Crippen LogP contribution in [-0.2, 0) is 9.59 Å². The van der Waals surface area contributed by atoms with E-state index in [1.807, 2.05) is 0 Å². The molecule has 2 atom stereocenters. The highest BCUT2D eigenvalue weighted by atomic mass is 16.4. The molecule has 1 unspecified atom stereocenters. The lowest BCUT2D eigenvalue weighted by Gasteiger charge is -2.14. The minimum absolute atomic E-state index is 0.317. The first-order chi connectivity index (χ1) is 7.52. The van der Waals surface area contributed by atoms with Crippen LogP contribution in [0.5, 0.6) is 0 Å². The summed E-state index contributed by atoms with van der Waals surface area (Å²) in [6.45, 7) is 3.14. The van der Waals surface area contributed by atoms with Gasteiger partial charge in [0.25, 0.3) is 0 Å². The predicted octanol–water partition coefficient (Wildman–Crippen LogP) is 0.774. The lowest BCUT2D eigenvalue weighted by molar-refractivity contribution is -0.141. The maximum Gasteiger partial charge on any atom is 0.325 e. The topological polar surface area (TPSA) is 79.3 Å². The van der Waals surface area contributed by atoms with Crippen LogP contribution in [0.3, 0.4) is 0 Å². The summed E-state index contributed by atoms with van der Waals surface area (Å²) in [5.41, 5.74) is 0.762. The molecule has 0 aliphatic rings. The molecule has 0 spiro atoms. The number of amides is 1. The molecular formula is C11H14N2O3. The molecule has 1 amide bonds. The van der Waals surface area contributed by atoms with E-state index in [-0.39, 0.29) is 5.91 Å². The van der Waals surface area contributed by atoms with Crippen molar-refractivity contribution in [3.8, 4) is 0 Å². The Labute approximate surface area is 93.5 Å². The Balaban J connectivity index is 2.65. The maximum atomic E-state index is 11.7. The van der Waals surface area contributed by atoms with E-state index in [1.54, 1.807) is 31.5 Å². The minimum Gasteiger partial charge on any atom is -0.480 e. The van der Waals surface area contributed by atoms with Crippen molar-refractivity contribution in [2.45, 2.75) is 25.8 Å². The Bertz CT molecular complexity index is 378. The molecule has 86 valence electrons. The fourth-order valence-corrected chi connectivity index (χ4v) is 1.18. The summed E-state index contributed by atoms with van der Waals surface area (Å²) >= 11 is 0. The smallest absolute Gasteiger partial charge is 0.325 e. The second-order valence-corrected chi connectivity index (χ2v) is 3.58. The Morgan fingerprint density at radius 2 is 2.12 bits per heavy atom. The first kappa shape index (κ1) is 12.2. The molecule has 2 N–H and O–H groups in total. The number of nitrogens with zero attached hydrogens (tertiary/aromatic N) is 1. The number of aromatic nitrogens is 1. The van der Waals surface area contributed by atoms with Gasteiger partial charge in [-0.15, -0.1) is 0 Å². The van der Waals surface area contributed by atoms with Crippen molar-refractivity contribution >= 4 is 11.9 Å². The number of carboxylic acid groups (broad SMARTS) is 1. The van der Waals surface area contributed by atoms with Crippen molar-refractivity contribution in [2.24, 2.45) is 0 Å². The highest BCUT2D eigenvalue weighted by Gasteiger charge is 2.20. The summed E-state index contributed by atoms with van der Waals surface area (Å²) in [6, 6.07) is 2.63. The molecule has 5 nitrogen and oxygen atoms in total. The SMILES string of the molecule is CC(C(=O)N[C@H](C)C(=O)O)c1cccnc1. The average Bonchev–Trinajstić information content (AvgIpc) is 2.28. The van der Waals surface area contributed by atoms with Gasteiger partial charge in [-0.2, -0.15) is 0 Å². The molecule has 0 saturated heterocycles. The summed E-state index contributed by atoms with van der Waals surface area (Å²) in [5, 5.41) is 11.1. The third-order valence-electron chi connectivity index (χ3n) is 2.31. The highest BCUT2D eigenvalue weighted by molar-refractivity contribution is 5.87. The Morgan fingerprint density at radius 1 is 1.44 bits per heavy atom. The minimum atomic E-state index is -1.05. The summed E-state index contributed by atoms with van der Waals surface area (Å²) in [7, 11) is 0. The standard InChI is InChI=1S/C11H14N2O3/c1-7(9-4-3-5-12-6-9)10(14)13-8(2)11(15)16/h3-8H,1-2H3,(H,13,14)(H,15,16)/t7?,8-/m1/s1. The molecule has 0 saturated carbocycles. The van der Waals surface area contributed by atoms with Crippen LogP contribution < -0.4 is 5.32 Å². The maximum absolute atomic E-state index is 11.7. The van der Waals surface area contributed by atoms with Gasteiger partial charge in [-0.25, -0.2) is 0 Å². The van der Waals surface area contributed by atoms with Gasteiger partial charge < -0.3 is 10.4 Å². The number of carbonyl (C=O) groups is 2. The van der Waals surface area contributed by atoms with Crippen LogP contribution in [0.4, 0.5) is 0 Å². The van der Waals surface area contributed by atoms with Gasteiger partial charge in [-0.05, 0) is 25.5 Å². The van der Waals surface area contributed by atoms with Gasteiger partial charge in [0.2, 0.25) is 5.91 Å². The molecular weight excluding hydrogens is 208 g/mol. The quantitative estimate of drug-likeness (QED) is 0.788. The van der Waals surface area contributed by atoms with Crippen LogP contribution >= 0.6 is 0 Å². The van der Waals surface area contributed by atoms with Crippen molar-refractivity contribution in [1.82, 2.24) is 10.3 Å². The Morgan fingerprint density at radius 3 is 2.62 bits per heavy atom. The zero-order valence-corrected chi connectivity index (χ0v) is 9.18. The van der Waals surface area contributed by atoms with Gasteiger partial charge >= 0.3 is 5.97 Å². The molecule has 1 aromatic rings. The molecule has 0 aliphatic carbocycles. The molecule has 0 aromatic carbocycles. The molecule has 0 bridgehead atoms. The van der Waals surface area contributed by atoms with Crippen LogP contribution in [0.25, 0.3) is 0 Å². The first-order valence-electron chi connectivity index (χ1n) is 4.95. The van der Waals surface area contributed by atoms with Crippen molar-refractivity contribution in [3.63, 3.8) is 0 Å². The summed E-state index contributed by atoms with van der Waals surface area (Å²) in [6.07, 6.45) is 3.21. The first-order valence-corrected chi connectivity index (χ1v) is 4.95. The zero-order valence-electron chi connectivity index (χ0n) is 9.18. The molecule has 1 rings (SSSR count). The van der Waals surface area contributed by atoms with Crippen molar-refractivity contribution in [2.75, 3.05) is 0 Å². The second-order valence-electron chi connectivity index (χ2n) is 3.58. The largest absolute Gasteiger partial charge is 0.480 e. The van der Waals surface area contributed by atoms with Gasteiger partial charge in [0.15, 0.2) is 0 Å². The van der Waals surface area contributed by atoms with E-state index >= 15 is 0 Å². The van der Waals surface area contributed by atoms with E-state index in [0.717, 1.165) is 5.56 Å². The number of carbonyl (C=O) groups excluding carboxylic acids is 1. The zero-order chi connectivity index (χ0) is 12.1. The van der Waals surface area contributed by atoms with E-state index in [1.165, 1.54) is 6.92 Å². The van der Waals surface area contributed by atoms with Crippen LogP contribution in [0.1, 0.15) is 25.3 Å². The summed E-state index contributed by atoms with van der Waals surface area (Å²) in [4.78, 5) is 26.1. The van der Waals surface area contributed by atoms with Crippen LogP contribution in [0, 0.1) is 0 Å². The van der Waals surface area contributed by atoms with Gasteiger partial charge in [0, 0.05) is 12.4 Å². The average molecular weight is 222 g/mol. The molecule has 1 aromatic heterocycles. The lowest BCUT2D eigenvalue weighted by atomic mass is 10.0. The molecule has 0 aliphatic heterocycles. The third kappa shape index (κ3) is 3.05. The number of pyridine rings is 1. The van der Waals surface area contributed by atoms with E-state index in [9.17, 15) is 9.59 Å². The number of nitrogens with one attached hydrogen (secondary N) is 1. The van der Waals surface area contributed by atoms with Crippen molar-refractivity contribution in [3.05, 3.63) is 30.1 Å². The lowest BCUT2D eigenvalue weighted by Crippen LogP contribution is -2.40. The monoisotopic (exact) mass is 222 g/mol. The Kier molecular flexibility index (Phi) is 3.99. The molecule has 1 heterocycles. The molecule has 16 heavy (non-hydrogen) atoms. The number of hydrogen-bond acceptors (Lipinski definition) is 3. The van der Waals surface area contributed by atoms with Gasteiger partial charge in [-0.1, -0.05) is 6.07 Å². The summed E-state index contributed by atoms with van der Waals surface area (Å²) < 4.78 is 0. The number of carboxylic acids is 1. The van der Waals surface area contributed by atoms with Crippen molar-refractivity contribution in [1.29, 1.82) is 0 Å². The predicted molar refractivity (Wildman–Crippen MR) is 57.9 cm³/mol. The number of hydrogen-bond donors (Lipinski definition) is 2. The molecule has 0 radical (unpaired) electrons. The van der Waals surface area contributed by atoms with Crippen LogP contribution in [0.15, 0.2) is 24.5 Å².